The number of rotatable bonds is 3. The molecule has 11 heteroatoms. The molecule has 1 saturated heterocycles. The van der Waals surface area contributed by atoms with Gasteiger partial charge in [-0.05, 0) is 37.1 Å². The van der Waals surface area contributed by atoms with Crippen LogP contribution in [0, 0.1) is 5.82 Å². The Hall–Kier alpha value is -2.95. The van der Waals surface area contributed by atoms with Crippen molar-refractivity contribution in [3.05, 3.63) is 46.1 Å². The van der Waals surface area contributed by atoms with Crippen LogP contribution < -0.4 is 15.2 Å². The maximum atomic E-state index is 13.0. The monoisotopic (exact) mass is 396 g/mol. The number of carbonyl (C=O) groups is 1. The molecule has 0 unspecified atom stereocenters. The SMILES string of the molecule is Cn1c(N2CCCCS2(=O)=O)nc(C(=O)Nc2ccc(F)cc2)c(O)c1=O. The maximum absolute atomic E-state index is 13.0. The van der Waals surface area contributed by atoms with Crippen molar-refractivity contribution in [2.75, 3.05) is 21.9 Å². The predicted molar refractivity (Wildman–Crippen MR) is 95.9 cm³/mol. The second-order valence-electron chi connectivity index (χ2n) is 6.03. The van der Waals surface area contributed by atoms with Gasteiger partial charge in [0.25, 0.3) is 11.5 Å². The van der Waals surface area contributed by atoms with E-state index < -0.39 is 38.8 Å². The van der Waals surface area contributed by atoms with Crippen molar-refractivity contribution < 1.29 is 22.7 Å². The van der Waals surface area contributed by atoms with Crippen LogP contribution in [-0.4, -0.2) is 41.3 Å². The molecule has 1 aliphatic rings. The Kier molecular flexibility index (Phi) is 4.87. The molecular weight excluding hydrogens is 379 g/mol. The highest BCUT2D eigenvalue weighted by Gasteiger charge is 2.31. The molecule has 1 amide bonds. The summed E-state index contributed by atoms with van der Waals surface area (Å²) in [5.74, 6) is -2.68. The summed E-state index contributed by atoms with van der Waals surface area (Å²) in [6.07, 6.45) is 1.07. The van der Waals surface area contributed by atoms with E-state index in [1.54, 1.807) is 0 Å². The number of hydrogen-bond acceptors (Lipinski definition) is 6. The molecular formula is C16H17FN4O5S. The lowest BCUT2D eigenvalue weighted by Gasteiger charge is -2.28. The van der Waals surface area contributed by atoms with Gasteiger partial charge in [-0.15, -0.1) is 0 Å². The van der Waals surface area contributed by atoms with Crippen LogP contribution in [0.15, 0.2) is 29.1 Å². The smallest absolute Gasteiger partial charge is 0.297 e. The van der Waals surface area contributed by atoms with E-state index >= 15 is 0 Å². The minimum atomic E-state index is -3.68. The van der Waals surface area contributed by atoms with E-state index in [-0.39, 0.29) is 23.9 Å². The molecule has 0 bridgehead atoms. The Balaban J connectivity index is 2.03. The number of sulfonamides is 1. The Morgan fingerprint density at radius 3 is 2.56 bits per heavy atom. The number of nitrogens with one attached hydrogen (secondary N) is 1. The van der Waals surface area contributed by atoms with Gasteiger partial charge < -0.3 is 10.4 Å². The number of aromatic nitrogens is 2. The number of amides is 1. The average molecular weight is 396 g/mol. The zero-order valence-corrected chi connectivity index (χ0v) is 15.2. The predicted octanol–water partition coefficient (Wildman–Crippen LogP) is 0.807. The van der Waals surface area contributed by atoms with Gasteiger partial charge in [-0.2, -0.15) is 0 Å². The van der Waals surface area contributed by atoms with Crippen LogP contribution in [0.4, 0.5) is 16.0 Å². The summed E-state index contributed by atoms with van der Waals surface area (Å²) in [5.41, 5.74) is -1.35. The zero-order chi connectivity index (χ0) is 19.8. The fourth-order valence-electron chi connectivity index (χ4n) is 2.70. The van der Waals surface area contributed by atoms with Gasteiger partial charge in [-0.1, -0.05) is 0 Å². The summed E-state index contributed by atoms with van der Waals surface area (Å²) >= 11 is 0. The lowest BCUT2D eigenvalue weighted by atomic mass is 10.3. The fraction of sp³-hybridized carbons (Fsp3) is 0.312. The summed E-state index contributed by atoms with van der Waals surface area (Å²) in [5, 5.41) is 12.4. The normalized spacial score (nSPS) is 16.1. The lowest BCUT2D eigenvalue weighted by molar-refractivity contribution is 0.101. The molecule has 2 N–H and O–H groups in total. The first-order valence-corrected chi connectivity index (χ1v) is 9.69. The maximum Gasteiger partial charge on any atom is 0.297 e. The molecule has 1 fully saturated rings. The van der Waals surface area contributed by atoms with Gasteiger partial charge in [0, 0.05) is 19.3 Å². The van der Waals surface area contributed by atoms with E-state index in [0.717, 1.165) is 21.0 Å². The molecule has 0 radical (unpaired) electrons. The van der Waals surface area contributed by atoms with Crippen LogP contribution in [0.25, 0.3) is 0 Å². The van der Waals surface area contributed by atoms with Gasteiger partial charge >= 0.3 is 0 Å². The third kappa shape index (κ3) is 3.63. The molecule has 0 aliphatic carbocycles. The quantitative estimate of drug-likeness (QED) is 0.792. The number of hydrogen-bond donors (Lipinski definition) is 2. The molecule has 1 aromatic heterocycles. The first-order chi connectivity index (χ1) is 12.7. The van der Waals surface area contributed by atoms with Gasteiger partial charge in [0.1, 0.15) is 5.82 Å². The molecule has 0 spiro atoms. The first-order valence-electron chi connectivity index (χ1n) is 8.08. The van der Waals surface area contributed by atoms with Crippen LogP contribution in [0.1, 0.15) is 23.3 Å². The van der Waals surface area contributed by atoms with Gasteiger partial charge in [0.05, 0.1) is 5.75 Å². The topological polar surface area (TPSA) is 122 Å². The largest absolute Gasteiger partial charge is 0.501 e. The molecule has 144 valence electrons. The molecule has 0 atom stereocenters. The summed E-state index contributed by atoms with van der Waals surface area (Å²) in [6.45, 7) is 0.117. The van der Waals surface area contributed by atoms with E-state index in [0.29, 0.717) is 12.8 Å². The standard InChI is InChI=1S/C16H17FN4O5S/c1-20-15(24)13(22)12(14(23)18-11-6-4-10(17)5-7-11)19-16(20)21-8-2-3-9-27(21,25)26/h4-7,22H,2-3,8-9H2,1H3,(H,18,23). The lowest BCUT2D eigenvalue weighted by Crippen LogP contribution is -2.42. The van der Waals surface area contributed by atoms with Crippen LogP contribution in [0.3, 0.4) is 0 Å². The third-order valence-electron chi connectivity index (χ3n) is 4.13. The number of halogens is 1. The van der Waals surface area contributed by atoms with Gasteiger partial charge in [0.15, 0.2) is 5.69 Å². The molecule has 0 saturated carbocycles. The first kappa shape index (κ1) is 18.8. The second kappa shape index (κ2) is 6.99. The van der Waals surface area contributed by atoms with Crippen LogP contribution in [0.5, 0.6) is 5.75 Å². The van der Waals surface area contributed by atoms with Crippen LogP contribution >= 0.6 is 0 Å². The molecule has 1 aromatic carbocycles. The number of aromatic hydroxyl groups is 1. The number of anilines is 2. The number of nitrogens with zero attached hydrogens (tertiary/aromatic N) is 3. The Bertz CT molecular complexity index is 1050. The van der Waals surface area contributed by atoms with E-state index in [9.17, 15) is 27.5 Å². The molecule has 1 aliphatic heterocycles. The molecule has 3 rings (SSSR count). The summed E-state index contributed by atoms with van der Waals surface area (Å²) in [6, 6.07) is 4.83. The van der Waals surface area contributed by atoms with E-state index in [1.165, 1.54) is 19.2 Å². The van der Waals surface area contributed by atoms with E-state index in [1.807, 2.05) is 0 Å². The molecule has 2 aromatic rings. The molecule has 9 nitrogen and oxygen atoms in total. The second-order valence-corrected chi connectivity index (χ2v) is 8.04. The molecule has 27 heavy (non-hydrogen) atoms. The summed E-state index contributed by atoms with van der Waals surface area (Å²) in [4.78, 5) is 28.7. The van der Waals surface area contributed by atoms with E-state index in [4.69, 9.17) is 0 Å². The van der Waals surface area contributed by atoms with Crippen molar-refractivity contribution >= 4 is 27.6 Å². The van der Waals surface area contributed by atoms with Gasteiger partial charge in [-0.3, -0.25) is 14.2 Å². The summed E-state index contributed by atoms with van der Waals surface area (Å²) in [7, 11) is -2.42. The minimum Gasteiger partial charge on any atom is -0.501 e. The van der Waals surface area contributed by atoms with Crippen molar-refractivity contribution in [3.8, 4) is 5.75 Å². The van der Waals surface area contributed by atoms with Crippen LogP contribution in [0.2, 0.25) is 0 Å². The highest BCUT2D eigenvalue weighted by molar-refractivity contribution is 7.92. The highest BCUT2D eigenvalue weighted by atomic mass is 32.2. The third-order valence-corrected chi connectivity index (χ3v) is 5.95. The Morgan fingerprint density at radius 1 is 1.26 bits per heavy atom. The highest BCUT2D eigenvalue weighted by Crippen LogP contribution is 2.23. The molecule has 2 heterocycles. The number of carbonyl (C=O) groups excluding carboxylic acids is 1. The summed E-state index contributed by atoms with van der Waals surface area (Å²) < 4.78 is 39.4. The van der Waals surface area contributed by atoms with Gasteiger partial charge in [-0.25, -0.2) is 22.1 Å². The average Bonchev–Trinajstić information content (AvgIpc) is 2.62. The van der Waals surface area contributed by atoms with Crippen molar-refractivity contribution in [1.82, 2.24) is 9.55 Å². The Morgan fingerprint density at radius 2 is 1.93 bits per heavy atom. The van der Waals surface area contributed by atoms with Crippen molar-refractivity contribution in [3.63, 3.8) is 0 Å². The van der Waals surface area contributed by atoms with Crippen LogP contribution in [-0.2, 0) is 17.1 Å². The van der Waals surface area contributed by atoms with E-state index in [2.05, 4.69) is 10.3 Å². The zero-order valence-electron chi connectivity index (χ0n) is 14.3. The minimum absolute atomic E-state index is 0.0964. The fourth-order valence-corrected chi connectivity index (χ4v) is 4.31. The van der Waals surface area contributed by atoms with Crippen molar-refractivity contribution in [2.45, 2.75) is 12.8 Å². The Labute approximate surface area is 154 Å². The van der Waals surface area contributed by atoms with Crippen molar-refractivity contribution in [1.29, 1.82) is 0 Å². The van der Waals surface area contributed by atoms with Gasteiger partial charge in [0.2, 0.25) is 21.7 Å². The van der Waals surface area contributed by atoms with Crippen molar-refractivity contribution in [2.24, 2.45) is 7.05 Å². The number of benzene rings is 1.